The molecule has 1 aliphatic rings. The van der Waals surface area contributed by atoms with Crippen molar-refractivity contribution in [1.82, 2.24) is 24.6 Å². The second-order valence-electron chi connectivity index (χ2n) is 9.26. The molecule has 1 unspecified atom stereocenters. The van der Waals surface area contributed by atoms with Gasteiger partial charge in [-0.15, -0.1) is 10.2 Å². The van der Waals surface area contributed by atoms with Crippen LogP contribution in [0.2, 0.25) is 10.0 Å². The highest BCUT2D eigenvalue weighted by Gasteiger charge is 2.49. The van der Waals surface area contributed by atoms with Crippen LogP contribution in [0.25, 0.3) is 11.4 Å². The number of amides is 1. The summed E-state index contributed by atoms with van der Waals surface area (Å²) in [4.78, 5) is 37.1. The van der Waals surface area contributed by atoms with Crippen molar-refractivity contribution in [1.29, 1.82) is 0 Å². The Kier molecular flexibility index (Phi) is 7.28. The number of fused-ring (bicyclic) bond motifs is 1. The van der Waals surface area contributed by atoms with E-state index < -0.39 is 17.7 Å². The molecule has 1 aromatic carbocycles. The first kappa shape index (κ1) is 27.4. The van der Waals surface area contributed by atoms with Gasteiger partial charge in [-0.1, -0.05) is 64.5 Å². The van der Waals surface area contributed by atoms with Crippen LogP contribution in [0.15, 0.2) is 71.0 Å². The predicted molar refractivity (Wildman–Crippen MR) is 160 cm³/mol. The van der Waals surface area contributed by atoms with E-state index in [-0.39, 0.29) is 22.2 Å². The van der Waals surface area contributed by atoms with Crippen molar-refractivity contribution in [2.75, 3.05) is 4.90 Å². The molecule has 1 aliphatic heterocycles. The van der Waals surface area contributed by atoms with Crippen molar-refractivity contribution in [3.63, 3.8) is 0 Å². The molecule has 5 heterocycles. The number of anilines is 1. The zero-order valence-electron chi connectivity index (χ0n) is 21.6. The topological polar surface area (TPSA) is 114 Å². The average molecular weight is 624 g/mol. The third-order valence-corrected chi connectivity index (χ3v) is 9.41. The van der Waals surface area contributed by atoms with Crippen molar-refractivity contribution in [2.24, 2.45) is 0 Å². The fourth-order valence-corrected chi connectivity index (χ4v) is 7.12. The Hall–Kier alpha value is -3.77. The molecule has 41 heavy (non-hydrogen) atoms. The van der Waals surface area contributed by atoms with E-state index in [1.807, 2.05) is 35.7 Å². The molecule has 1 atom stereocenters. The number of aryl methyl sites for hydroxylation is 2. The van der Waals surface area contributed by atoms with Gasteiger partial charge in [-0.05, 0) is 54.8 Å². The van der Waals surface area contributed by atoms with Gasteiger partial charge in [-0.25, -0.2) is 4.98 Å². The maximum atomic E-state index is 13.5. The van der Waals surface area contributed by atoms with Crippen LogP contribution < -0.4 is 4.90 Å². The minimum absolute atomic E-state index is 0.0930. The smallest absolute Gasteiger partial charge is 0.301 e. The van der Waals surface area contributed by atoms with E-state index in [1.165, 1.54) is 16.7 Å². The summed E-state index contributed by atoms with van der Waals surface area (Å²) in [5, 5.41) is 21.3. The number of benzene rings is 1. The highest BCUT2D eigenvalue weighted by Crippen LogP contribution is 2.44. The minimum atomic E-state index is -0.981. The van der Waals surface area contributed by atoms with Crippen LogP contribution in [0.5, 0.6) is 0 Å². The lowest BCUT2D eigenvalue weighted by molar-refractivity contribution is -0.132. The van der Waals surface area contributed by atoms with Crippen molar-refractivity contribution in [2.45, 2.75) is 30.0 Å². The summed E-state index contributed by atoms with van der Waals surface area (Å²) >= 11 is 14.9. The van der Waals surface area contributed by atoms with Crippen molar-refractivity contribution in [3.05, 3.63) is 105 Å². The third kappa shape index (κ3) is 4.88. The number of hydrogen-bond acceptors (Lipinski definition) is 9. The van der Waals surface area contributed by atoms with Crippen molar-refractivity contribution in [3.8, 4) is 0 Å². The van der Waals surface area contributed by atoms with Crippen LogP contribution in [-0.2, 0) is 15.3 Å². The Morgan fingerprint density at radius 3 is 2.68 bits per heavy atom. The monoisotopic (exact) mass is 622 g/mol. The highest BCUT2D eigenvalue weighted by atomic mass is 35.5. The zero-order chi connectivity index (χ0) is 28.8. The van der Waals surface area contributed by atoms with Crippen LogP contribution in [0, 0.1) is 13.8 Å². The van der Waals surface area contributed by atoms with Crippen LogP contribution in [0.4, 0.5) is 5.13 Å². The number of imidazole rings is 1. The van der Waals surface area contributed by atoms with Gasteiger partial charge >= 0.3 is 5.91 Å². The van der Waals surface area contributed by atoms with Gasteiger partial charge in [0, 0.05) is 34.4 Å². The summed E-state index contributed by atoms with van der Waals surface area (Å²) in [5.41, 5.74) is 3.70. The van der Waals surface area contributed by atoms with Crippen molar-refractivity contribution < 1.29 is 14.7 Å². The number of rotatable bonds is 6. The van der Waals surface area contributed by atoms with Gasteiger partial charge in [-0.2, -0.15) is 0 Å². The van der Waals surface area contributed by atoms with E-state index in [4.69, 9.17) is 23.2 Å². The number of aromatic nitrogens is 5. The first-order valence-corrected chi connectivity index (χ1v) is 14.9. The van der Waals surface area contributed by atoms with Gasteiger partial charge in [0.05, 0.1) is 17.3 Å². The summed E-state index contributed by atoms with van der Waals surface area (Å²) < 4.78 is 2.41. The first-order valence-electron chi connectivity index (χ1n) is 12.3. The first-order chi connectivity index (χ1) is 19.7. The van der Waals surface area contributed by atoms with Gasteiger partial charge in [0.1, 0.15) is 11.3 Å². The van der Waals surface area contributed by atoms with Crippen LogP contribution in [0.3, 0.4) is 0 Å². The molecule has 0 aliphatic carbocycles. The Morgan fingerprint density at radius 1 is 1.12 bits per heavy atom. The van der Waals surface area contributed by atoms with Crippen LogP contribution in [0.1, 0.15) is 34.1 Å². The van der Waals surface area contributed by atoms with E-state index >= 15 is 0 Å². The number of nitrogens with zero attached hydrogens (tertiary/aromatic N) is 6. The standard InChI is InChI=1S/C28H20Cl2N6O3S2/c1-14-5-4-10-35-15(2)21(32-25(14)35)23(37)20-22(16-6-3-9-31-12-16)36(26(39)24(20)38)27-33-34-28(41-27)40-13-17-7-8-18(29)11-19(17)30/h3-12,22,37H,13H2,1-2H3. The number of carbonyl (C=O) groups is 2. The Bertz CT molecular complexity index is 1870. The van der Waals surface area contributed by atoms with Gasteiger partial charge in [0.25, 0.3) is 5.78 Å². The molecule has 5 aromatic rings. The molecular weight excluding hydrogens is 603 g/mol. The van der Waals surface area contributed by atoms with Gasteiger partial charge in [0.15, 0.2) is 10.1 Å². The minimum Gasteiger partial charge on any atom is -0.505 e. The Labute approximate surface area is 252 Å². The maximum Gasteiger partial charge on any atom is 0.301 e. The Balaban J connectivity index is 1.41. The Morgan fingerprint density at radius 2 is 1.95 bits per heavy atom. The number of Topliss-reactive ketones (excluding diaryl/α,β-unsaturated/α-hetero) is 1. The number of aliphatic hydroxyl groups is 1. The zero-order valence-corrected chi connectivity index (χ0v) is 24.7. The summed E-state index contributed by atoms with van der Waals surface area (Å²) in [7, 11) is 0. The van der Waals surface area contributed by atoms with Crippen molar-refractivity contribution >= 4 is 74.5 Å². The van der Waals surface area contributed by atoms with Crippen LogP contribution >= 0.6 is 46.3 Å². The SMILES string of the molecule is Cc1cccn2c(C)c(C(O)=C3C(=O)C(=O)N(c4nnc(SCc5ccc(Cl)cc5Cl)s4)C3c3cccnc3)nc12. The molecule has 4 aromatic heterocycles. The molecule has 9 nitrogen and oxygen atoms in total. The number of halogens is 2. The molecule has 1 fully saturated rings. The van der Waals surface area contributed by atoms with E-state index in [1.54, 1.807) is 43.6 Å². The molecule has 1 N–H and O–H groups in total. The molecule has 0 spiro atoms. The third-order valence-electron chi connectivity index (χ3n) is 6.72. The fraction of sp³-hybridized carbons (Fsp3) is 0.143. The molecule has 1 amide bonds. The molecule has 13 heteroatoms. The van der Waals surface area contributed by atoms with E-state index in [0.29, 0.717) is 37.0 Å². The number of aliphatic hydroxyl groups excluding tert-OH is 1. The molecule has 6 rings (SSSR count). The summed E-state index contributed by atoms with van der Waals surface area (Å²) in [6.45, 7) is 3.71. The number of carbonyl (C=O) groups excluding carboxylic acids is 2. The summed E-state index contributed by atoms with van der Waals surface area (Å²) in [6, 6.07) is 11.5. The molecular formula is C28H20Cl2N6O3S2. The lowest BCUT2D eigenvalue weighted by Gasteiger charge is -2.21. The van der Waals surface area contributed by atoms with Gasteiger partial charge < -0.3 is 9.51 Å². The lowest BCUT2D eigenvalue weighted by atomic mass is 9.98. The predicted octanol–water partition coefficient (Wildman–Crippen LogP) is 6.42. The number of ketones is 1. The average Bonchev–Trinajstić information content (AvgIpc) is 3.64. The summed E-state index contributed by atoms with van der Waals surface area (Å²) in [6.07, 6.45) is 4.97. The van der Waals surface area contributed by atoms with E-state index in [2.05, 4.69) is 20.2 Å². The lowest BCUT2D eigenvalue weighted by Crippen LogP contribution is -2.29. The van der Waals surface area contributed by atoms with E-state index in [0.717, 1.165) is 22.5 Å². The second-order valence-corrected chi connectivity index (χ2v) is 12.3. The molecule has 0 saturated carbocycles. The molecule has 0 radical (unpaired) electrons. The summed E-state index contributed by atoms with van der Waals surface area (Å²) in [5.74, 6) is -1.53. The molecule has 1 saturated heterocycles. The van der Waals surface area contributed by atoms with E-state index in [9.17, 15) is 14.7 Å². The maximum absolute atomic E-state index is 13.5. The largest absolute Gasteiger partial charge is 0.505 e. The van der Waals surface area contributed by atoms with Gasteiger partial charge in [-0.3, -0.25) is 19.5 Å². The molecule has 0 bridgehead atoms. The van der Waals surface area contributed by atoms with Crippen LogP contribution in [-0.4, -0.2) is 41.4 Å². The number of hydrogen-bond donors (Lipinski definition) is 1. The quantitative estimate of drug-likeness (QED) is 0.0758. The normalized spacial score (nSPS) is 16.7. The highest BCUT2D eigenvalue weighted by molar-refractivity contribution is 8.00. The fourth-order valence-electron chi connectivity index (χ4n) is 4.69. The van der Waals surface area contributed by atoms with Gasteiger partial charge in [0.2, 0.25) is 5.13 Å². The number of thioether (sulfide) groups is 1. The second kappa shape index (κ2) is 10.9. The molecule has 206 valence electrons. The number of pyridine rings is 2.